The van der Waals surface area contributed by atoms with Gasteiger partial charge in [-0.15, -0.1) is 11.3 Å². The smallest absolute Gasteiger partial charge is 0.275 e. The van der Waals surface area contributed by atoms with Crippen molar-refractivity contribution in [1.29, 1.82) is 0 Å². The van der Waals surface area contributed by atoms with Crippen molar-refractivity contribution in [3.63, 3.8) is 0 Å². The highest BCUT2D eigenvalue weighted by molar-refractivity contribution is 7.13. The molecule has 4 rings (SSSR count). The van der Waals surface area contributed by atoms with E-state index in [-0.39, 0.29) is 5.91 Å². The Hall–Kier alpha value is -2.81. The Labute approximate surface area is 174 Å². The Kier molecular flexibility index (Phi) is 6.14. The summed E-state index contributed by atoms with van der Waals surface area (Å²) in [5.74, 6) is -0.219. The molecule has 0 atom stereocenters. The first-order chi connectivity index (χ1) is 14.2. The number of amides is 1. The van der Waals surface area contributed by atoms with Crippen LogP contribution in [-0.4, -0.2) is 49.1 Å². The fourth-order valence-electron chi connectivity index (χ4n) is 3.33. The summed E-state index contributed by atoms with van der Waals surface area (Å²) in [5, 5.41) is 12.1. The molecule has 1 aromatic carbocycles. The number of carbonyl (C=O) groups excluding carboxylic acids is 1. The number of carbonyl (C=O) groups is 1. The van der Waals surface area contributed by atoms with Gasteiger partial charge < -0.3 is 20.9 Å². The number of hydrogen-bond acceptors (Lipinski definition) is 7. The van der Waals surface area contributed by atoms with E-state index in [1.54, 1.807) is 17.8 Å². The lowest BCUT2D eigenvalue weighted by molar-refractivity contribution is 0.102. The van der Waals surface area contributed by atoms with Gasteiger partial charge in [-0.05, 0) is 18.7 Å². The van der Waals surface area contributed by atoms with Crippen LogP contribution in [0.4, 0.5) is 11.4 Å². The predicted octanol–water partition coefficient (Wildman–Crippen LogP) is 2.59. The van der Waals surface area contributed by atoms with E-state index >= 15 is 0 Å². The molecule has 0 saturated carbocycles. The summed E-state index contributed by atoms with van der Waals surface area (Å²) in [7, 11) is 1.93. The lowest BCUT2D eigenvalue weighted by Crippen LogP contribution is -2.43. The zero-order valence-electron chi connectivity index (χ0n) is 16.3. The summed E-state index contributed by atoms with van der Waals surface area (Å²) in [6, 6.07) is 10.2. The first-order valence-corrected chi connectivity index (χ1v) is 10.5. The van der Waals surface area contributed by atoms with Crippen molar-refractivity contribution in [2.75, 3.05) is 43.4 Å². The zero-order chi connectivity index (χ0) is 20.1. The molecule has 0 aliphatic carbocycles. The molecule has 0 radical (unpaired) electrons. The second-order valence-corrected chi connectivity index (χ2v) is 7.71. The van der Waals surface area contributed by atoms with Gasteiger partial charge in [0.05, 0.1) is 17.6 Å². The normalized spacial score (nSPS) is 14.0. The van der Waals surface area contributed by atoms with Crippen molar-refractivity contribution in [1.82, 2.24) is 20.6 Å². The van der Waals surface area contributed by atoms with Crippen LogP contribution < -0.4 is 20.9 Å². The number of hydrogen-bond donors (Lipinski definition) is 3. The van der Waals surface area contributed by atoms with E-state index in [0.717, 1.165) is 49.0 Å². The lowest BCUT2D eigenvalue weighted by atomic mass is 10.1. The number of pyridine rings is 1. The molecule has 1 amide bonds. The second-order valence-electron chi connectivity index (χ2n) is 6.85. The van der Waals surface area contributed by atoms with Gasteiger partial charge in [0, 0.05) is 49.9 Å². The van der Waals surface area contributed by atoms with Crippen LogP contribution in [0.15, 0.2) is 48.1 Å². The molecule has 0 bridgehead atoms. The van der Waals surface area contributed by atoms with E-state index in [9.17, 15) is 4.79 Å². The molecule has 150 valence electrons. The molecular formula is C21H24N6OS. The van der Waals surface area contributed by atoms with Crippen molar-refractivity contribution in [2.24, 2.45) is 0 Å². The molecule has 1 saturated heterocycles. The Morgan fingerprint density at radius 1 is 1.21 bits per heavy atom. The summed E-state index contributed by atoms with van der Waals surface area (Å²) in [5.41, 5.74) is 4.34. The number of nitrogens with zero attached hydrogens (tertiary/aromatic N) is 3. The van der Waals surface area contributed by atoms with Crippen LogP contribution in [-0.2, 0) is 6.54 Å². The number of nitrogens with one attached hydrogen (secondary N) is 3. The number of rotatable bonds is 6. The summed E-state index contributed by atoms with van der Waals surface area (Å²) in [6.07, 6.45) is 3.45. The maximum atomic E-state index is 12.8. The highest BCUT2D eigenvalue weighted by Gasteiger charge is 2.18. The number of aromatic nitrogens is 2. The molecule has 2 aromatic heterocycles. The molecule has 8 heteroatoms. The number of anilines is 2. The molecule has 1 fully saturated rings. The monoisotopic (exact) mass is 408 g/mol. The summed E-state index contributed by atoms with van der Waals surface area (Å²) < 4.78 is 0. The molecule has 3 aromatic rings. The minimum Gasteiger partial charge on any atom is -0.367 e. The third-order valence-corrected chi connectivity index (χ3v) is 5.71. The maximum absolute atomic E-state index is 12.8. The molecule has 0 unspecified atom stereocenters. The predicted molar refractivity (Wildman–Crippen MR) is 118 cm³/mol. The van der Waals surface area contributed by atoms with Crippen molar-refractivity contribution in [2.45, 2.75) is 6.54 Å². The molecular weight excluding hydrogens is 384 g/mol. The van der Waals surface area contributed by atoms with Crippen LogP contribution in [0.25, 0.3) is 10.6 Å². The van der Waals surface area contributed by atoms with Crippen molar-refractivity contribution in [3.8, 4) is 10.6 Å². The van der Waals surface area contributed by atoms with Crippen LogP contribution in [0, 0.1) is 0 Å². The van der Waals surface area contributed by atoms with Crippen LogP contribution in [0.2, 0.25) is 0 Å². The summed E-state index contributed by atoms with van der Waals surface area (Å²) >= 11 is 1.47. The molecule has 29 heavy (non-hydrogen) atoms. The number of benzene rings is 1. The topological polar surface area (TPSA) is 82.2 Å². The third kappa shape index (κ3) is 4.61. The van der Waals surface area contributed by atoms with E-state index in [4.69, 9.17) is 0 Å². The second kappa shape index (κ2) is 9.13. The van der Waals surface area contributed by atoms with Crippen LogP contribution in [0.1, 0.15) is 16.1 Å². The minimum absolute atomic E-state index is 0.219. The van der Waals surface area contributed by atoms with Gasteiger partial charge in [0.2, 0.25) is 0 Å². The van der Waals surface area contributed by atoms with Crippen molar-refractivity contribution in [3.05, 3.63) is 59.4 Å². The van der Waals surface area contributed by atoms with Crippen LogP contribution in [0.3, 0.4) is 0 Å². The summed E-state index contributed by atoms with van der Waals surface area (Å²) in [4.78, 5) is 23.8. The highest BCUT2D eigenvalue weighted by Crippen LogP contribution is 2.27. The quantitative estimate of drug-likeness (QED) is 0.582. The van der Waals surface area contributed by atoms with Gasteiger partial charge in [-0.2, -0.15) is 0 Å². The Morgan fingerprint density at radius 3 is 2.76 bits per heavy atom. The van der Waals surface area contributed by atoms with Gasteiger partial charge in [0.1, 0.15) is 10.7 Å². The Bertz CT molecular complexity index is 965. The standard InChI is InChI=1S/C21H24N6OS/c1-22-12-15-2-4-16(5-3-15)21-26-18(14-29-21)20(28)25-17-13-24-7-6-19(17)27-10-8-23-9-11-27/h2-7,13-14,22-23H,8-12H2,1H3,(H,25,28). The lowest BCUT2D eigenvalue weighted by Gasteiger charge is -2.30. The molecule has 0 spiro atoms. The van der Waals surface area contributed by atoms with Gasteiger partial charge in [0.15, 0.2) is 0 Å². The van der Waals surface area contributed by atoms with Gasteiger partial charge in [0.25, 0.3) is 5.91 Å². The minimum atomic E-state index is -0.219. The first-order valence-electron chi connectivity index (χ1n) is 9.65. The molecule has 1 aliphatic heterocycles. The fraction of sp³-hybridized carbons (Fsp3) is 0.286. The number of piperazine rings is 1. The van der Waals surface area contributed by atoms with Crippen LogP contribution >= 0.6 is 11.3 Å². The highest BCUT2D eigenvalue weighted by atomic mass is 32.1. The van der Waals surface area contributed by atoms with Gasteiger partial charge in [-0.25, -0.2) is 4.98 Å². The molecule has 7 nitrogen and oxygen atoms in total. The van der Waals surface area contributed by atoms with E-state index in [0.29, 0.717) is 11.4 Å². The molecule has 3 heterocycles. The van der Waals surface area contributed by atoms with Gasteiger partial charge in [-0.3, -0.25) is 9.78 Å². The van der Waals surface area contributed by atoms with E-state index in [1.807, 2.05) is 25.2 Å². The zero-order valence-corrected chi connectivity index (χ0v) is 17.1. The van der Waals surface area contributed by atoms with Gasteiger partial charge in [-0.1, -0.05) is 24.3 Å². The number of thiazole rings is 1. The average Bonchev–Trinajstić information content (AvgIpc) is 3.26. The third-order valence-electron chi connectivity index (χ3n) is 4.82. The first kappa shape index (κ1) is 19.5. The molecule has 3 N–H and O–H groups in total. The average molecular weight is 409 g/mol. The SMILES string of the molecule is CNCc1ccc(-c2nc(C(=O)Nc3cnccc3N3CCNCC3)cs2)cc1. The molecule has 1 aliphatic rings. The fourth-order valence-corrected chi connectivity index (χ4v) is 4.14. The van der Waals surface area contributed by atoms with Gasteiger partial charge >= 0.3 is 0 Å². The summed E-state index contributed by atoms with van der Waals surface area (Å²) in [6.45, 7) is 4.48. The van der Waals surface area contributed by atoms with Crippen molar-refractivity contribution < 1.29 is 4.79 Å². The maximum Gasteiger partial charge on any atom is 0.275 e. The van der Waals surface area contributed by atoms with Crippen LogP contribution in [0.5, 0.6) is 0 Å². The Morgan fingerprint density at radius 2 is 2.00 bits per heavy atom. The van der Waals surface area contributed by atoms with Crippen molar-refractivity contribution >= 4 is 28.6 Å². The largest absolute Gasteiger partial charge is 0.367 e. The van der Waals surface area contributed by atoms with E-state index < -0.39 is 0 Å². The van der Waals surface area contributed by atoms with E-state index in [2.05, 4.69) is 43.0 Å². The Balaban J connectivity index is 1.49. The van der Waals surface area contributed by atoms with E-state index in [1.165, 1.54) is 16.9 Å².